The van der Waals surface area contributed by atoms with Crippen LogP contribution in [0.25, 0.3) is 0 Å². The molecule has 1 aromatic carbocycles. The van der Waals surface area contributed by atoms with Gasteiger partial charge >= 0.3 is 0 Å². The van der Waals surface area contributed by atoms with Crippen molar-refractivity contribution in [1.29, 1.82) is 0 Å². The molecule has 3 N–H and O–H groups in total. The summed E-state index contributed by atoms with van der Waals surface area (Å²) < 4.78 is 15.8. The maximum absolute atomic E-state index is 13.0. The molecule has 164 valence electrons. The van der Waals surface area contributed by atoms with E-state index >= 15 is 0 Å². The van der Waals surface area contributed by atoms with E-state index in [1.54, 1.807) is 13.0 Å². The van der Waals surface area contributed by atoms with E-state index in [0.29, 0.717) is 43.9 Å². The molecule has 0 spiro atoms. The predicted molar refractivity (Wildman–Crippen MR) is 109 cm³/mol. The predicted octanol–water partition coefficient (Wildman–Crippen LogP) is 1.50. The van der Waals surface area contributed by atoms with Gasteiger partial charge in [-0.2, -0.15) is 0 Å². The summed E-state index contributed by atoms with van der Waals surface area (Å²) >= 11 is 0. The second kappa shape index (κ2) is 8.20. The number of anilines is 1. The van der Waals surface area contributed by atoms with E-state index < -0.39 is 0 Å². The van der Waals surface area contributed by atoms with Crippen molar-refractivity contribution in [3.05, 3.63) is 35.6 Å². The van der Waals surface area contributed by atoms with Crippen LogP contribution in [-0.2, 0) is 9.59 Å². The minimum Gasteiger partial charge on any atom is -0.454 e. The van der Waals surface area contributed by atoms with Gasteiger partial charge < -0.3 is 24.2 Å². The second-order valence-corrected chi connectivity index (χ2v) is 8.15. The molecule has 4 heterocycles. The number of rotatable bonds is 4. The first-order valence-corrected chi connectivity index (χ1v) is 10.5. The quantitative estimate of drug-likeness (QED) is 0.672. The molecule has 10 heteroatoms. The van der Waals surface area contributed by atoms with Gasteiger partial charge in [-0.25, -0.2) is 10.9 Å². The van der Waals surface area contributed by atoms with E-state index in [9.17, 15) is 9.59 Å². The molecular weight excluding hydrogens is 402 g/mol. The minimum atomic E-state index is -0.307. The van der Waals surface area contributed by atoms with Crippen LogP contribution in [0.4, 0.5) is 5.82 Å². The monoisotopic (exact) mass is 427 g/mol. The number of hydrogen-bond acceptors (Lipinski definition) is 8. The zero-order valence-electron chi connectivity index (χ0n) is 17.2. The Bertz CT molecular complexity index is 984. The molecule has 0 aliphatic carbocycles. The third-order valence-corrected chi connectivity index (χ3v) is 6.06. The maximum Gasteiger partial charge on any atom is 0.241 e. The summed E-state index contributed by atoms with van der Waals surface area (Å²) in [5.41, 5.74) is 7.39. The van der Waals surface area contributed by atoms with Crippen LogP contribution in [0.5, 0.6) is 11.5 Å². The second-order valence-electron chi connectivity index (χ2n) is 8.15. The molecule has 2 unspecified atom stereocenters. The zero-order valence-corrected chi connectivity index (χ0v) is 17.2. The molecule has 10 nitrogen and oxygen atoms in total. The fourth-order valence-electron chi connectivity index (χ4n) is 4.30. The molecule has 0 radical (unpaired) electrons. The summed E-state index contributed by atoms with van der Waals surface area (Å²) in [6.45, 7) is 3.13. The van der Waals surface area contributed by atoms with E-state index in [0.717, 1.165) is 17.1 Å². The number of carbonyl (C=O) groups is 2. The van der Waals surface area contributed by atoms with E-state index in [4.69, 9.17) is 14.0 Å². The van der Waals surface area contributed by atoms with Gasteiger partial charge in [0.25, 0.3) is 0 Å². The van der Waals surface area contributed by atoms with Gasteiger partial charge in [-0.15, -0.1) is 0 Å². The number of ether oxygens (including phenoxy) is 2. The van der Waals surface area contributed by atoms with Gasteiger partial charge in [-0.05, 0) is 43.9 Å². The Morgan fingerprint density at radius 2 is 1.94 bits per heavy atom. The molecule has 2 saturated heterocycles. The van der Waals surface area contributed by atoms with Gasteiger partial charge in [-0.3, -0.25) is 9.59 Å². The number of hydrazine groups is 1. The van der Waals surface area contributed by atoms with E-state index in [1.807, 2.05) is 23.1 Å². The minimum absolute atomic E-state index is 0.0117. The highest BCUT2D eigenvalue weighted by molar-refractivity contribution is 5.92. The Labute approximate surface area is 179 Å². The summed E-state index contributed by atoms with van der Waals surface area (Å²) in [5, 5.41) is 6.58. The van der Waals surface area contributed by atoms with Gasteiger partial charge in [0.15, 0.2) is 17.3 Å². The van der Waals surface area contributed by atoms with Crippen molar-refractivity contribution in [1.82, 2.24) is 20.9 Å². The zero-order chi connectivity index (χ0) is 21.4. The number of likely N-dealkylation sites (tertiary alicyclic amines) is 1. The number of aryl methyl sites for hydroxylation is 1. The largest absolute Gasteiger partial charge is 0.454 e. The number of nitrogens with zero attached hydrogens (tertiary/aromatic N) is 2. The van der Waals surface area contributed by atoms with Gasteiger partial charge in [-0.1, -0.05) is 11.2 Å². The lowest BCUT2D eigenvalue weighted by molar-refractivity contribution is -0.136. The van der Waals surface area contributed by atoms with Crippen molar-refractivity contribution in [3.63, 3.8) is 0 Å². The van der Waals surface area contributed by atoms with Crippen LogP contribution >= 0.6 is 0 Å². The molecule has 2 fully saturated rings. The molecule has 2 aromatic rings. The van der Waals surface area contributed by atoms with E-state index in [2.05, 4.69) is 21.3 Å². The highest BCUT2D eigenvalue weighted by Gasteiger charge is 2.36. The van der Waals surface area contributed by atoms with Crippen LogP contribution in [0, 0.1) is 12.8 Å². The number of fused-ring (bicyclic) bond motifs is 1. The summed E-state index contributed by atoms with van der Waals surface area (Å²) in [6.07, 6.45) is 1.89. The standard InChI is InChI=1S/C21H25N5O5/c1-12-8-19(25-31-12)22-20(27)13-4-6-26(7-5-13)21(28)16-10-15(23-24-16)14-2-3-17-18(9-14)30-11-29-17/h2-3,8-9,13,15-16,23-24H,4-7,10-11H2,1H3,(H,22,25,27). The molecular formula is C21H25N5O5. The number of nitrogens with one attached hydrogen (secondary N) is 3. The summed E-state index contributed by atoms with van der Waals surface area (Å²) in [5.74, 6) is 2.38. The van der Waals surface area contributed by atoms with E-state index in [1.165, 1.54) is 0 Å². The van der Waals surface area contributed by atoms with Crippen LogP contribution in [0.1, 0.15) is 36.6 Å². The number of carbonyl (C=O) groups excluding carboxylic acids is 2. The Kier molecular flexibility index (Phi) is 5.24. The number of amides is 2. The number of aromatic nitrogens is 1. The van der Waals surface area contributed by atoms with E-state index in [-0.39, 0.29) is 36.6 Å². The van der Waals surface area contributed by atoms with Crippen molar-refractivity contribution in [2.45, 2.75) is 38.3 Å². The van der Waals surface area contributed by atoms with Gasteiger partial charge in [0.05, 0.1) is 0 Å². The third kappa shape index (κ3) is 4.08. The SMILES string of the molecule is Cc1cc(NC(=O)C2CCN(C(=O)C3CC(c4ccc5c(c4)OCO5)NN3)CC2)no1. The molecule has 31 heavy (non-hydrogen) atoms. The lowest BCUT2D eigenvalue weighted by Crippen LogP contribution is -2.49. The average Bonchev–Trinajstić information content (AvgIpc) is 3.53. The third-order valence-electron chi connectivity index (χ3n) is 6.06. The van der Waals surface area contributed by atoms with Crippen LogP contribution in [0.3, 0.4) is 0 Å². The lowest BCUT2D eigenvalue weighted by atomic mass is 9.94. The smallest absolute Gasteiger partial charge is 0.241 e. The number of benzene rings is 1. The van der Waals surface area contributed by atoms with Crippen molar-refractivity contribution < 1.29 is 23.6 Å². The van der Waals surface area contributed by atoms with Crippen LogP contribution in [0.2, 0.25) is 0 Å². The Hall–Kier alpha value is -3.11. The van der Waals surface area contributed by atoms with Crippen molar-refractivity contribution >= 4 is 17.6 Å². The molecule has 3 aliphatic heterocycles. The summed E-state index contributed by atoms with van der Waals surface area (Å²) in [6, 6.07) is 7.22. The first kappa shape index (κ1) is 19.8. The Balaban J connectivity index is 1.13. The number of piperidine rings is 1. The fourth-order valence-corrected chi connectivity index (χ4v) is 4.30. The summed E-state index contributed by atoms with van der Waals surface area (Å²) in [7, 11) is 0. The molecule has 0 bridgehead atoms. The first-order valence-electron chi connectivity index (χ1n) is 10.5. The molecule has 3 aliphatic rings. The van der Waals surface area contributed by atoms with Gasteiger partial charge in [0, 0.05) is 31.1 Å². The van der Waals surface area contributed by atoms with Crippen LogP contribution in [-0.4, -0.2) is 47.8 Å². The molecule has 1 aromatic heterocycles. The fraction of sp³-hybridized carbons (Fsp3) is 0.476. The molecule has 2 atom stereocenters. The molecule has 0 saturated carbocycles. The highest BCUT2D eigenvalue weighted by Crippen LogP contribution is 2.36. The van der Waals surface area contributed by atoms with Crippen molar-refractivity contribution in [2.24, 2.45) is 5.92 Å². The number of hydrogen-bond donors (Lipinski definition) is 3. The molecule has 2 amide bonds. The van der Waals surface area contributed by atoms with Crippen LogP contribution in [0.15, 0.2) is 28.8 Å². The highest BCUT2D eigenvalue weighted by atomic mass is 16.7. The van der Waals surface area contributed by atoms with Crippen LogP contribution < -0.4 is 25.6 Å². The summed E-state index contributed by atoms with van der Waals surface area (Å²) in [4.78, 5) is 27.3. The Morgan fingerprint density at radius 1 is 1.13 bits per heavy atom. The van der Waals surface area contributed by atoms with Crippen molar-refractivity contribution in [2.75, 3.05) is 25.2 Å². The topological polar surface area (TPSA) is 118 Å². The molecule has 5 rings (SSSR count). The van der Waals surface area contributed by atoms with Gasteiger partial charge in [0.2, 0.25) is 18.6 Å². The average molecular weight is 427 g/mol. The first-order chi connectivity index (χ1) is 15.1. The lowest BCUT2D eigenvalue weighted by Gasteiger charge is -2.32. The van der Waals surface area contributed by atoms with Crippen molar-refractivity contribution in [3.8, 4) is 11.5 Å². The Morgan fingerprint density at radius 3 is 2.71 bits per heavy atom. The normalized spacial score (nSPS) is 23.2. The maximum atomic E-state index is 13.0. The van der Waals surface area contributed by atoms with Gasteiger partial charge in [0.1, 0.15) is 11.8 Å².